The highest BCUT2D eigenvalue weighted by Crippen LogP contribution is 2.32. The van der Waals surface area contributed by atoms with E-state index in [4.69, 9.17) is 9.47 Å². The minimum atomic E-state index is -0.564. The average molecular weight is 512 g/mol. The highest BCUT2D eigenvalue weighted by atomic mass is 32.1. The van der Waals surface area contributed by atoms with E-state index in [2.05, 4.69) is 35.8 Å². The third-order valence-corrected chi connectivity index (χ3v) is 6.44. The Morgan fingerprint density at radius 1 is 1.00 bits per heavy atom. The summed E-state index contributed by atoms with van der Waals surface area (Å²) in [5, 5.41) is 8.97. The Labute approximate surface area is 213 Å². The second-order valence-corrected chi connectivity index (χ2v) is 10.2. The molecule has 3 heterocycles. The minimum Gasteiger partial charge on any atom is -0.481 e. The van der Waals surface area contributed by atoms with Gasteiger partial charge in [-0.2, -0.15) is 9.97 Å². The molecule has 0 bridgehead atoms. The number of hydrogen-bond donors (Lipinski definition) is 3. The summed E-state index contributed by atoms with van der Waals surface area (Å²) in [6, 6.07) is 8.61. The molecule has 0 radical (unpaired) electrons. The molecule has 11 nitrogen and oxygen atoms in total. The molecule has 36 heavy (non-hydrogen) atoms. The van der Waals surface area contributed by atoms with E-state index in [1.807, 2.05) is 20.8 Å². The Bertz CT molecular complexity index is 1250. The van der Waals surface area contributed by atoms with E-state index < -0.39 is 11.4 Å². The van der Waals surface area contributed by atoms with Crippen LogP contribution in [0.15, 0.2) is 30.3 Å². The quantitative estimate of drug-likeness (QED) is 0.450. The number of aromatic nitrogens is 3. The Kier molecular flexibility index (Phi) is 7.25. The number of hydrogen-bond acceptors (Lipinski definition) is 9. The van der Waals surface area contributed by atoms with Crippen LogP contribution in [0.25, 0.3) is 0 Å². The molecule has 4 rings (SSSR count). The number of anilines is 4. The van der Waals surface area contributed by atoms with E-state index in [0.29, 0.717) is 47.7 Å². The smallest absolute Gasteiger partial charge is 0.325 e. The van der Waals surface area contributed by atoms with Crippen LogP contribution in [0.3, 0.4) is 0 Å². The second kappa shape index (κ2) is 10.4. The van der Waals surface area contributed by atoms with Crippen LogP contribution < -0.4 is 30.3 Å². The first kappa shape index (κ1) is 25.2. The number of para-hydroxylation sites is 2. The molecule has 0 spiro atoms. The fraction of sp³-hybridized carbons (Fsp3) is 0.375. The van der Waals surface area contributed by atoms with Crippen LogP contribution in [-0.2, 0) is 17.8 Å². The Balaban J connectivity index is 1.43. The summed E-state index contributed by atoms with van der Waals surface area (Å²) in [4.78, 5) is 41.4. The first-order valence-electron chi connectivity index (χ1n) is 11.4. The van der Waals surface area contributed by atoms with E-state index in [1.165, 1.54) is 18.4 Å². The van der Waals surface area contributed by atoms with Gasteiger partial charge in [0.1, 0.15) is 5.82 Å². The number of methoxy groups -OCH3 is 2. The van der Waals surface area contributed by atoms with Crippen molar-refractivity contribution in [3.63, 3.8) is 0 Å². The molecule has 3 amide bonds. The third-order valence-electron chi connectivity index (χ3n) is 5.44. The Morgan fingerprint density at radius 3 is 2.39 bits per heavy atom. The van der Waals surface area contributed by atoms with Crippen LogP contribution >= 0.6 is 11.3 Å². The number of ether oxygens (including phenoxy) is 2. The number of nitrogens with zero attached hydrogens (tertiary/aromatic N) is 4. The first-order valence-corrected chi connectivity index (χ1v) is 12.2. The summed E-state index contributed by atoms with van der Waals surface area (Å²) >= 11 is 1.41. The van der Waals surface area contributed by atoms with Crippen molar-refractivity contribution in [1.82, 2.24) is 15.0 Å². The molecule has 190 valence electrons. The molecule has 0 fully saturated rings. The minimum absolute atomic E-state index is 0.145. The summed E-state index contributed by atoms with van der Waals surface area (Å²) in [6.45, 7) is 6.77. The number of fused-ring (bicyclic) bond motifs is 1. The summed E-state index contributed by atoms with van der Waals surface area (Å²) in [6.07, 6.45) is 0.700. The SMILES string of the molecule is COc1cc(N2CCc3nc(NC(=O)Nc4ccccc4NC(=O)C(C)(C)C)sc3C2)nc(OC)n1. The van der Waals surface area contributed by atoms with Crippen LogP contribution in [0.1, 0.15) is 31.3 Å². The number of amides is 3. The third kappa shape index (κ3) is 5.82. The maximum Gasteiger partial charge on any atom is 0.325 e. The number of rotatable bonds is 6. The molecule has 1 aromatic carbocycles. The van der Waals surface area contributed by atoms with Crippen molar-refractivity contribution >= 4 is 45.6 Å². The van der Waals surface area contributed by atoms with Crippen molar-refractivity contribution in [3.05, 3.63) is 40.9 Å². The lowest BCUT2D eigenvalue weighted by Gasteiger charge is -2.27. The van der Waals surface area contributed by atoms with E-state index in [1.54, 1.807) is 37.4 Å². The molecule has 0 unspecified atom stereocenters. The number of carbonyl (C=O) groups is 2. The van der Waals surface area contributed by atoms with Gasteiger partial charge >= 0.3 is 12.0 Å². The van der Waals surface area contributed by atoms with Gasteiger partial charge in [-0.25, -0.2) is 9.78 Å². The Morgan fingerprint density at radius 2 is 1.72 bits per heavy atom. The summed E-state index contributed by atoms with van der Waals surface area (Å²) in [5.74, 6) is 0.970. The fourth-order valence-corrected chi connectivity index (χ4v) is 4.48. The molecule has 0 saturated carbocycles. The molecule has 3 N–H and O–H groups in total. The molecule has 0 aliphatic carbocycles. The van der Waals surface area contributed by atoms with Gasteiger partial charge in [0, 0.05) is 29.3 Å². The van der Waals surface area contributed by atoms with Gasteiger partial charge in [-0.1, -0.05) is 44.2 Å². The van der Waals surface area contributed by atoms with Gasteiger partial charge in [0.15, 0.2) is 5.13 Å². The van der Waals surface area contributed by atoms with E-state index in [9.17, 15) is 9.59 Å². The molecule has 12 heteroatoms. The zero-order chi connectivity index (χ0) is 25.9. The van der Waals surface area contributed by atoms with Crippen molar-refractivity contribution < 1.29 is 19.1 Å². The van der Waals surface area contributed by atoms with Gasteiger partial charge in [0.2, 0.25) is 11.8 Å². The predicted molar refractivity (Wildman–Crippen MR) is 139 cm³/mol. The molecular weight excluding hydrogens is 482 g/mol. The van der Waals surface area contributed by atoms with Crippen molar-refractivity contribution in [2.24, 2.45) is 5.41 Å². The van der Waals surface area contributed by atoms with Gasteiger partial charge in [-0.05, 0) is 12.1 Å². The molecule has 0 saturated heterocycles. The summed E-state index contributed by atoms with van der Waals surface area (Å²) < 4.78 is 10.4. The maximum absolute atomic E-state index is 12.7. The number of benzene rings is 1. The molecule has 3 aromatic rings. The predicted octanol–water partition coefficient (Wildman–Crippen LogP) is 4.14. The standard InChI is InChI=1S/C24H29N7O4S/c1-24(2,3)20(32)25-14-8-6-7-9-15(14)26-21(33)30-23-27-16-10-11-31(13-17(16)36-23)18-12-19(34-4)29-22(28-18)35-5/h6-9,12H,10-11,13H2,1-5H3,(H,25,32)(H2,26,27,30,33). The highest BCUT2D eigenvalue weighted by molar-refractivity contribution is 7.15. The van der Waals surface area contributed by atoms with Crippen LogP contribution in [0.5, 0.6) is 11.9 Å². The number of carbonyl (C=O) groups excluding carboxylic acids is 2. The van der Waals surface area contributed by atoms with Gasteiger partial charge in [0.05, 0.1) is 37.8 Å². The van der Waals surface area contributed by atoms with Gasteiger partial charge in [-0.3, -0.25) is 10.1 Å². The lowest BCUT2D eigenvalue weighted by molar-refractivity contribution is -0.123. The van der Waals surface area contributed by atoms with Crippen LogP contribution in [-0.4, -0.2) is 47.7 Å². The molecule has 0 atom stereocenters. The molecule has 1 aliphatic rings. The summed E-state index contributed by atoms with van der Waals surface area (Å²) in [7, 11) is 3.05. The fourth-order valence-electron chi connectivity index (χ4n) is 3.46. The largest absolute Gasteiger partial charge is 0.481 e. The zero-order valence-electron chi connectivity index (χ0n) is 20.8. The summed E-state index contributed by atoms with van der Waals surface area (Å²) in [5.41, 5.74) is 1.40. The zero-order valence-corrected chi connectivity index (χ0v) is 21.7. The van der Waals surface area contributed by atoms with E-state index in [0.717, 1.165) is 10.6 Å². The lowest BCUT2D eigenvalue weighted by atomic mass is 9.95. The maximum atomic E-state index is 12.7. The number of nitrogens with one attached hydrogen (secondary N) is 3. The van der Waals surface area contributed by atoms with Gasteiger partial charge in [0.25, 0.3) is 0 Å². The second-order valence-electron chi connectivity index (χ2n) is 9.14. The topological polar surface area (TPSA) is 131 Å². The molecule has 1 aliphatic heterocycles. The van der Waals surface area contributed by atoms with Gasteiger partial charge < -0.3 is 25.0 Å². The molecular formula is C24H29N7O4S. The van der Waals surface area contributed by atoms with Crippen molar-refractivity contribution in [1.29, 1.82) is 0 Å². The molecule has 2 aromatic heterocycles. The first-order chi connectivity index (χ1) is 17.2. The van der Waals surface area contributed by atoms with Crippen LogP contribution in [0.2, 0.25) is 0 Å². The van der Waals surface area contributed by atoms with Crippen molar-refractivity contribution in [2.45, 2.75) is 33.7 Å². The van der Waals surface area contributed by atoms with Crippen molar-refractivity contribution in [3.8, 4) is 11.9 Å². The van der Waals surface area contributed by atoms with Gasteiger partial charge in [-0.15, -0.1) is 0 Å². The van der Waals surface area contributed by atoms with Crippen LogP contribution in [0, 0.1) is 5.41 Å². The van der Waals surface area contributed by atoms with Crippen LogP contribution in [0.4, 0.5) is 27.1 Å². The average Bonchev–Trinajstić information content (AvgIpc) is 3.25. The number of thiazole rings is 1. The van der Waals surface area contributed by atoms with E-state index >= 15 is 0 Å². The lowest BCUT2D eigenvalue weighted by Crippen LogP contribution is -2.30. The highest BCUT2D eigenvalue weighted by Gasteiger charge is 2.25. The monoisotopic (exact) mass is 511 g/mol. The van der Waals surface area contributed by atoms with Crippen molar-refractivity contribution in [2.75, 3.05) is 41.6 Å². The Hall–Kier alpha value is -3.93. The van der Waals surface area contributed by atoms with E-state index in [-0.39, 0.29) is 11.9 Å². The number of urea groups is 1. The normalized spacial score (nSPS) is 13.0.